The van der Waals surface area contributed by atoms with Crippen molar-refractivity contribution < 1.29 is 4.48 Å². The molecule has 0 radical (unpaired) electrons. The topological polar surface area (TPSA) is 0 Å². The maximum atomic E-state index is 2.46. The van der Waals surface area contributed by atoms with Crippen molar-refractivity contribution >= 4 is 0 Å². The number of piperidine rings is 1. The first-order valence-corrected chi connectivity index (χ1v) is 5.29. The van der Waals surface area contributed by atoms with Crippen molar-refractivity contribution in [1.29, 1.82) is 0 Å². The number of fused-ring (bicyclic) bond motifs is 2. The maximum Gasteiger partial charge on any atom is 0.0907 e. The Morgan fingerprint density at radius 2 is 1.83 bits per heavy atom. The summed E-state index contributed by atoms with van der Waals surface area (Å²) in [6, 6.07) is 0.981. The van der Waals surface area contributed by atoms with Crippen LogP contribution in [0, 0.1) is 5.92 Å². The van der Waals surface area contributed by atoms with Crippen molar-refractivity contribution in [2.75, 3.05) is 13.6 Å². The van der Waals surface area contributed by atoms with Crippen LogP contribution in [0.5, 0.6) is 0 Å². The predicted octanol–water partition coefficient (Wildman–Crippen LogP) is 2.41. The molecule has 1 heteroatoms. The Kier molecular flexibility index (Phi) is 1.61. The van der Waals surface area contributed by atoms with E-state index in [-0.39, 0.29) is 0 Å². The van der Waals surface area contributed by atoms with Gasteiger partial charge in [0.1, 0.15) is 0 Å². The third-order valence-electron chi connectivity index (χ3n) is 4.49. The molecule has 0 aromatic rings. The van der Waals surface area contributed by atoms with Crippen LogP contribution in [-0.4, -0.2) is 29.7 Å². The first-order chi connectivity index (χ1) is 5.43. The molecule has 1 heterocycles. The van der Waals surface area contributed by atoms with Gasteiger partial charge in [-0.05, 0) is 33.6 Å². The van der Waals surface area contributed by atoms with Crippen LogP contribution in [0.25, 0.3) is 0 Å². The van der Waals surface area contributed by atoms with Crippen LogP contribution in [-0.2, 0) is 0 Å². The number of hydrogen-bond acceptors (Lipinski definition) is 0. The van der Waals surface area contributed by atoms with E-state index in [0.717, 1.165) is 12.0 Å². The summed E-state index contributed by atoms with van der Waals surface area (Å²) in [6.07, 6.45) is 4.50. The lowest BCUT2D eigenvalue weighted by Gasteiger charge is -2.48. The number of rotatable bonds is 0. The lowest BCUT2D eigenvalue weighted by atomic mass is 9.97. The number of nitrogens with zero attached hydrogens (tertiary/aromatic N) is 1. The first kappa shape index (κ1) is 8.55. The van der Waals surface area contributed by atoms with Gasteiger partial charge in [-0.3, -0.25) is 0 Å². The Morgan fingerprint density at radius 1 is 1.17 bits per heavy atom. The molecule has 1 saturated heterocycles. The summed E-state index contributed by atoms with van der Waals surface area (Å²) in [5.41, 5.74) is 0.458. The van der Waals surface area contributed by atoms with E-state index < -0.39 is 0 Å². The highest BCUT2D eigenvalue weighted by Gasteiger charge is 2.53. The minimum atomic E-state index is 0.458. The van der Waals surface area contributed by atoms with Gasteiger partial charge in [0.2, 0.25) is 0 Å². The van der Waals surface area contributed by atoms with Crippen LogP contribution in [0.15, 0.2) is 0 Å². The normalized spacial score (nSPS) is 47.0. The molecule has 2 fully saturated rings. The summed E-state index contributed by atoms with van der Waals surface area (Å²) in [4.78, 5) is 0. The fourth-order valence-electron chi connectivity index (χ4n) is 3.24. The summed E-state index contributed by atoms with van der Waals surface area (Å²) >= 11 is 0. The molecule has 0 spiro atoms. The smallest absolute Gasteiger partial charge is 0.0907 e. The van der Waals surface area contributed by atoms with Crippen molar-refractivity contribution in [2.24, 2.45) is 5.92 Å². The van der Waals surface area contributed by atoms with Crippen LogP contribution in [0.3, 0.4) is 0 Å². The van der Waals surface area contributed by atoms with E-state index in [1.807, 2.05) is 0 Å². The van der Waals surface area contributed by atoms with Gasteiger partial charge in [-0.2, -0.15) is 0 Å². The van der Waals surface area contributed by atoms with E-state index in [0.29, 0.717) is 5.54 Å². The summed E-state index contributed by atoms with van der Waals surface area (Å²) < 4.78 is 1.33. The van der Waals surface area contributed by atoms with Crippen molar-refractivity contribution in [2.45, 2.75) is 51.6 Å². The summed E-state index contributed by atoms with van der Waals surface area (Å²) in [5, 5.41) is 0. The van der Waals surface area contributed by atoms with Crippen LogP contribution in [0.4, 0.5) is 0 Å². The fourth-order valence-corrected chi connectivity index (χ4v) is 3.24. The monoisotopic (exact) mass is 168 g/mol. The zero-order valence-corrected chi connectivity index (χ0v) is 8.93. The second kappa shape index (κ2) is 2.25. The zero-order chi connectivity index (χ0) is 8.98. The maximum absolute atomic E-state index is 2.46. The third-order valence-corrected chi connectivity index (χ3v) is 4.49. The molecule has 0 aromatic heterocycles. The highest BCUT2D eigenvalue weighted by atomic mass is 15.4. The van der Waals surface area contributed by atoms with Gasteiger partial charge in [-0.1, -0.05) is 0 Å². The van der Waals surface area contributed by atoms with Crippen LogP contribution >= 0.6 is 0 Å². The number of likely N-dealkylation sites (tertiary alicyclic amines) is 1. The molecule has 3 atom stereocenters. The average molecular weight is 168 g/mol. The molecule has 2 bridgehead atoms. The number of quaternary nitrogens is 1. The number of hydrogen-bond donors (Lipinski definition) is 0. The minimum absolute atomic E-state index is 0.458. The predicted molar refractivity (Wildman–Crippen MR) is 51.9 cm³/mol. The quantitative estimate of drug-likeness (QED) is 0.487. The average Bonchev–Trinajstić information content (AvgIpc) is 2.43. The Labute approximate surface area is 76.3 Å². The second-order valence-corrected chi connectivity index (χ2v) is 5.95. The molecule has 0 aromatic carbocycles. The summed E-state index contributed by atoms with van der Waals surface area (Å²) in [7, 11) is 2.46. The lowest BCUT2D eigenvalue weighted by molar-refractivity contribution is -0.968. The van der Waals surface area contributed by atoms with Crippen molar-refractivity contribution in [3.05, 3.63) is 0 Å². The third kappa shape index (κ3) is 0.953. The van der Waals surface area contributed by atoms with Gasteiger partial charge < -0.3 is 4.48 Å². The lowest BCUT2D eigenvalue weighted by Crippen LogP contribution is -2.61. The molecule has 2 rings (SSSR count). The standard InChI is InChI=1S/C11H22N/c1-11(2,3)12(4)8-9-5-6-10(12)7-9/h9-10H,5-8H2,1-4H3/q+1. The van der Waals surface area contributed by atoms with Gasteiger partial charge >= 0.3 is 0 Å². The SMILES string of the molecule is CC(C)(C)[N+]1(C)CC2CCC1C2. The van der Waals surface area contributed by atoms with Gasteiger partial charge in [0.25, 0.3) is 0 Å². The molecule has 1 aliphatic carbocycles. The first-order valence-electron chi connectivity index (χ1n) is 5.29. The molecule has 1 aliphatic heterocycles. The van der Waals surface area contributed by atoms with E-state index in [2.05, 4.69) is 27.8 Å². The van der Waals surface area contributed by atoms with Crippen LogP contribution in [0.1, 0.15) is 40.0 Å². The summed E-state index contributed by atoms with van der Waals surface area (Å²) in [6.45, 7) is 8.63. The Morgan fingerprint density at radius 3 is 2.08 bits per heavy atom. The van der Waals surface area contributed by atoms with E-state index >= 15 is 0 Å². The van der Waals surface area contributed by atoms with E-state index in [1.165, 1.54) is 30.3 Å². The Bertz CT molecular complexity index is 192. The Hall–Kier alpha value is -0.0400. The van der Waals surface area contributed by atoms with Crippen molar-refractivity contribution in [1.82, 2.24) is 0 Å². The molecular weight excluding hydrogens is 146 g/mol. The highest BCUT2D eigenvalue weighted by Crippen LogP contribution is 2.46. The molecule has 12 heavy (non-hydrogen) atoms. The van der Waals surface area contributed by atoms with Gasteiger partial charge in [0, 0.05) is 12.3 Å². The van der Waals surface area contributed by atoms with Gasteiger partial charge in [0.15, 0.2) is 0 Å². The highest BCUT2D eigenvalue weighted by molar-refractivity contribution is 4.86. The van der Waals surface area contributed by atoms with Gasteiger partial charge in [-0.25, -0.2) is 0 Å². The zero-order valence-electron chi connectivity index (χ0n) is 8.93. The van der Waals surface area contributed by atoms with E-state index in [4.69, 9.17) is 0 Å². The molecule has 2 aliphatic rings. The molecule has 0 N–H and O–H groups in total. The van der Waals surface area contributed by atoms with Crippen LogP contribution < -0.4 is 0 Å². The largest absolute Gasteiger partial charge is 0.319 e. The molecular formula is C11H22N+. The molecule has 3 unspecified atom stereocenters. The van der Waals surface area contributed by atoms with E-state index in [1.54, 1.807) is 0 Å². The second-order valence-electron chi connectivity index (χ2n) is 5.95. The van der Waals surface area contributed by atoms with Crippen LogP contribution in [0.2, 0.25) is 0 Å². The molecule has 1 saturated carbocycles. The minimum Gasteiger partial charge on any atom is -0.319 e. The molecule has 1 nitrogen and oxygen atoms in total. The molecule has 0 amide bonds. The fraction of sp³-hybridized carbons (Fsp3) is 1.00. The van der Waals surface area contributed by atoms with E-state index in [9.17, 15) is 0 Å². The Balaban J connectivity index is 2.23. The van der Waals surface area contributed by atoms with Crippen molar-refractivity contribution in [3.63, 3.8) is 0 Å². The van der Waals surface area contributed by atoms with Gasteiger partial charge in [-0.15, -0.1) is 0 Å². The summed E-state index contributed by atoms with van der Waals surface area (Å²) in [5.74, 6) is 1.05. The van der Waals surface area contributed by atoms with Crippen molar-refractivity contribution in [3.8, 4) is 0 Å². The van der Waals surface area contributed by atoms with Gasteiger partial charge in [0.05, 0.1) is 25.2 Å². The molecule has 70 valence electrons.